The third-order valence-electron chi connectivity index (χ3n) is 3.91. The summed E-state index contributed by atoms with van der Waals surface area (Å²) in [5.41, 5.74) is 0. The van der Waals surface area contributed by atoms with Crippen LogP contribution < -0.4 is 0 Å². The molecule has 0 spiro atoms. The van der Waals surface area contributed by atoms with E-state index in [-0.39, 0.29) is 26.1 Å². The van der Waals surface area contributed by atoms with Gasteiger partial charge < -0.3 is 19.3 Å². The lowest BCUT2D eigenvalue weighted by atomic mass is 10.1. The fourth-order valence-corrected chi connectivity index (χ4v) is 2.74. The molecule has 13 heteroatoms. The number of aliphatic hydroxyl groups is 1. The Morgan fingerprint density at radius 3 is 2.40 bits per heavy atom. The summed E-state index contributed by atoms with van der Waals surface area (Å²) < 4.78 is 15.9. The Kier molecular flexibility index (Phi) is 7.41. The molecule has 0 aromatic rings. The maximum Gasteiger partial charge on any atom is 0.306 e. The van der Waals surface area contributed by atoms with E-state index in [9.17, 15) is 9.90 Å². The first-order valence-corrected chi connectivity index (χ1v) is 7.58. The highest BCUT2D eigenvalue weighted by Crippen LogP contribution is 2.29. The van der Waals surface area contributed by atoms with E-state index in [1.165, 1.54) is 6.92 Å². The highest BCUT2D eigenvalue weighted by atomic mass is 17.1. The van der Waals surface area contributed by atoms with Crippen molar-refractivity contribution < 1.29 is 54.6 Å². The van der Waals surface area contributed by atoms with Gasteiger partial charge in [-0.25, -0.2) is 9.68 Å². The summed E-state index contributed by atoms with van der Waals surface area (Å²) in [5, 5.41) is 43.2. The minimum absolute atomic E-state index is 0.0867. The molecule has 0 aliphatic carbocycles. The van der Waals surface area contributed by atoms with Crippen LogP contribution in [0, 0.1) is 0 Å². The summed E-state index contributed by atoms with van der Waals surface area (Å²) in [6.45, 7) is 1.56. The zero-order chi connectivity index (χ0) is 18.6. The van der Waals surface area contributed by atoms with Crippen LogP contribution in [-0.2, 0) is 28.7 Å². The first-order valence-electron chi connectivity index (χ1n) is 7.58. The van der Waals surface area contributed by atoms with E-state index in [0.717, 1.165) is 0 Å². The highest BCUT2D eigenvalue weighted by Gasteiger charge is 2.48. The van der Waals surface area contributed by atoms with E-state index in [1.54, 1.807) is 0 Å². The maximum absolute atomic E-state index is 12.0. The molecule has 2 rings (SSSR count). The van der Waals surface area contributed by atoms with Crippen molar-refractivity contribution in [3.8, 4) is 0 Å². The molecule has 2 aliphatic rings. The topological polar surface area (TPSA) is 171 Å². The van der Waals surface area contributed by atoms with Crippen molar-refractivity contribution >= 4 is 5.97 Å². The molecule has 146 valence electrons. The minimum atomic E-state index is -1.11. The molecule has 0 saturated carbocycles. The lowest BCUT2D eigenvalue weighted by molar-refractivity contribution is -0.537. The number of carbonyl (C=O) groups is 1. The van der Waals surface area contributed by atoms with Crippen LogP contribution in [0.25, 0.3) is 0 Å². The van der Waals surface area contributed by atoms with Gasteiger partial charge in [0.15, 0.2) is 6.10 Å². The molecule has 25 heavy (non-hydrogen) atoms. The van der Waals surface area contributed by atoms with Gasteiger partial charge in [0.25, 0.3) is 0 Å². The first-order chi connectivity index (χ1) is 11.8. The van der Waals surface area contributed by atoms with Crippen LogP contribution in [0.5, 0.6) is 0 Å². The average molecular weight is 370 g/mol. The summed E-state index contributed by atoms with van der Waals surface area (Å²) in [4.78, 5) is 21.1. The summed E-state index contributed by atoms with van der Waals surface area (Å²) in [7, 11) is 0. The molecule has 0 aromatic heterocycles. The lowest BCUT2D eigenvalue weighted by Gasteiger charge is -2.25. The predicted molar refractivity (Wildman–Crippen MR) is 70.8 cm³/mol. The first kappa shape index (κ1) is 20.3. The number of hydrogen-bond acceptors (Lipinski definition) is 13. The number of ether oxygens (including phenoxy) is 3. The average Bonchev–Trinajstić information content (AvgIpc) is 3.06. The van der Waals surface area contributed by atoms with E-state index in [4.69, 9.17) is 35.0 Å². The van der Waals surface area contributed by atoms with Crippen LogP contribution in [0.4, 0.5) is 0 Å². The molecule has 2 saturated heterocycles. The second-order valence-corrected chi connectivity index (χ2v) is 5.69. The molecule has 2 aliphatic heterocycles. The molecule has 0 radical (unpaired) electrons. The van der Waals surface area contributed by atoms with Gasteiger partial charge in [0.1, 0.15) is 30.5 Å². The fourth-order valence-electron chi connectivity index (χ4n) is 2.74. The van der Waals surface area contributed by atoms with Crippen molar-refractivity contribution in [3.63, 3.8) is 0 Å². The quantitative estimate of drug-likeness (QED) is 0.238. The van der Waals surface area contributed by atoms with Gasteiger partial charge in [0, 0.05) is 6.42 Å². The standard InChI is InChI=1S/C12H22N2O11/c1-6(24-13(17)18)8(25-14(19)20)2-3-10(16)23-9-5-22-11-7(15)4-21-12(9)11/h6-9,11-12,15,17-20H,2-5H2,1H3/t6?,7-,8?,9-,11-,12-/m1/s1. The van der Waals surface area contributed by atoms with Crippen molar-refractivity contribution in [2.24, 2.45) is 0 Å². The third kappa shape index (κ3) is 5.77. The molecule has 0 aromatic carbocycles. The molecular formula is C12H22N2O11. The number of rotatable bonds is 9. The Labute approximate surface area is 142 Å². The monoisotopic (exact) mass is 370 g/mol. The van der Waals surface area contributed by atoms with Crippen LogP contribution in [0.3, 0.4) is 0 Å². The van der Waals surface area contributed by atoms with E-state index in [1.807, 2.05) is 0 Å². The summed E-state index contributed by atoms with van der Waals surface area (Å²) in [5.74, 6) is -0.632. The van der Waals surface area contributed by atoms with Crippen LogP contribution in [0.2, 0.25) is 0 Å². The summed E-state index contributed by atoms with van der Waals surface area (Å²) in [6, 6.07) is 0. The maximum atomic E-state index is 12.0. The van der Waals surface area contributed by atoms with Gasteiger partial charge in [0.05, 0.1) is 24.0 Å². The van der Waals surface area contributed by atoms with Gasteiger partial charge in [-0.1, -0.05) is 0 Å². The van der Waals surface area contributed by atoms with Crippen LogP contribution in [-0.4, -0.2) is 92.5 Å². The predicted octanol–water partition coefficient (Wildman–Crippen LogP) is -1.38. The zero-order valence-electron chi connectivity index (χ0n) is 13.4. The molecule has 2 unspecified atom stereocenters. The largest absolute Gasteiger partial charge is 0.457 e. The highest BCUT2D eigenvalue weighted by molar-refractivity contribution is 5.69. The van der Waals surface area contributed by atoms with Crippen molar-refractivity contribution in [1.29, 1.82) is 0 Å². The van der Waals surface area contributed by atoms with Crippen LogP contribution in [0.15, 0.2) is 0 Å². The SMILES string of the molecule is CC(ON(O)O)C(CCC(=O)O[C@@H]1CO[C@H]2[C@@H]1OC[C@H]2O)ON(O)O. The molecule has 0 amide bonds. The van der Waals surface area contributed by atoms with Gasteiger partial charge in [-0.3, -0.25) is 25.6 Å². The van der Waals surface area contributed by atoms with Gasteiger partial charge in [0.2, 0.25) is 0 Å². The number of aliphatic hydroxyl groups excluding tert-OH is 1. The zero-order valence-corrected chi connectivity index (χ0v) is 13.4. The number of hydrogen-bond donors (Lipinski definition) is 5. The van der Waals surface area contributed by atoms with E-state index < -0.39 is 53.4 Å². The number of nitrogens with zero attached hydrogens (tertiary/aromatic N) is 2. The van der Waals surface area contributed by atoms with Gasteiger partial charge in [-0.2, -0.15) is 0 Å². The smallest absolute Gasteiger partial charge is 0.306 e. The van der Waals surface area contributed by atoms with Gasteiger partial charge in [-0.05, 0) is 13.3 Å². The molecular weight excluding hydrogens is 348 g/mol. The number of esters is 1. The molecule has 0 bridgehead atoms. The normalized spacial score (nSPS) is 31.4. The molecule has 6 atom stereocenters. The Bertz CT molecular complexity index is 437. The summed E-state index contributed by atoms with van der Waals surface area (Å²) >= 11 is 0. The molecule has 2 fully saturated rings. The minimum Gasteiger partial charge on any atom is -0.457 e. The van der Waals surface area contributed by atoms with Crippen LogP contribution >= 0.6 is 0 Å². The van der Waals surface area contributed by atoms with E-state index >= 15 is 0 Å². The van der Waals surface area contributed by atoms with Crippen molar-refractivity contribution in [3.05, 3.63) is 0 Å². The lowest BCUT2D eigenvalue weighted by Crippen LogP contribution is -2.38. The van der Waals surface area contributed by atoms with E-state index in [0.29, 0.717) is 0 Å². The van der Waals surface area contributed by atoms with Gasteiger partial charge >= 0.3 is 5.97 Å². The second kappa shape index (κ2) is 9.11. The van der Waals surface area contributed by atoms with Crippen molar-refractivity contribution in [2.75, 3.05) is 13.2 Å². The van der Waals surface area contributed by atoms with Crippen molar-refractivity contribution in [1.82, 2.24) is 10.8 Å². The van der Waals surface area contributed by atoms with Crippen molar-refractivity contribution in [2.45, 2.75) is 56.4 Å². The number of carbonyl (C=O) groups excluding carboxylic acids is 1. The summed E-state index contributed by atoms with van der Waals surface area (Å²) in [6.07, 6.45) is -4.91. The van der Waals surface area contributed by atoms with E-state index in [2.05, 4.69) is 9.68 Å². The third-order valence-corrected chi connectivity index (χ3v) is 3.91. The Morgan fingerprint density at radius 1 is 1.12 bits per heavy atom. The Morgan fingerprint density at radius 2 is 1.76 bits per heavy atom. The van der Waals surface area contributed by atoms with Gasteiger partial charge in [-0.15, -0.1) is 0 Å². The molecule has 13 nitrogen and oxygen atoms in total. The molecule has 5 N–H and O–H groups in total. The fraction of sp³-hybridized carbons (Fsp3) is 0.917. The Hall–Kier alpha value is -0.970. The second-order valence-electron chi connectivity index (χ2n) is 5.69. The Balaban J connectivity index is 1.80. The number of fused-ring (bicyclic) bond motifs is 1. The molecule has 2 heterocycles. The van der Waals surface area contributed by atoms with Crippen LogP contribution in [0.1, 0.15) is 19.8 Å².